The second-order valence-corrected chi connectivity index (χ2v) is 6.11. The summed E-state index contributed by atoms with van der Waals surface area (Å²) >= 11 is 1.71. The highest BCUT2D eigenvalue weighted by molar-refractivity contribution is 7.19. The third kappa shape index (κ3) is 2.26. The number of aromatic nitrogens is 2. The van der Waals surface area contributed by atoms with Gasteiger partial charge >= 0.3 is 0 Å². The van der Waals surface area contributed by atoms with Gasteiger partial charge in [0.2, 0.25) is 5.95 Å². The van der Waals surface area contributed by atoms with Crippen molar-refractivity contribution in [2.24, 2.45) is 0 Å². The lowest BCUT2D eigenvalue weighted by molar-refractivity contribution is 0.254. The molecule has 0 fully saturated rings. The van der Waals surface area contributed by atoms with Crippen LogP contribution in [-0.2, 0) is 13.0 Å². The van der Waals surface area contributed by atoms with Gasteiger partial charge in [-0.3, -0.25) is 4.90 Å². The largest absolute Gasteiger partial charge is 0.383 e. The number of nitrogens with two attached hydrogens (primary N) is 2. The maximum atomic E-state index is 6.00. The maximum Gasteiger partial charge on any atom is 0.223 e. The van der Waals surface area contributed by atoms with E-state index < -0.39 is 0 Å². The number of hydrogen-bond acceptors (Lipinski definition) is 6. The van der Waals surface area contributed by atoms with Crippen molar-refractivity contribution in [2.75, 3.05) is 24.6 Å². The summed E-state index contributed by atoms with van der Waals surface area (Å²) < 4.78 is 0. The van der Waals surface area contributed by atoms with Crippen LogP contribution in [0.25, 0.3) is 10.2 Å². The summed E-state index contributed by atoms with van der Waals surface area (Å²) in [5, 5.41) is 1.03. The SMILES string of the molecule is CCCCN1CCc2c(sc3nc(N)nc(N)c23)C1. The summed E-state index contributed by atoms with van der Waals surface area (Å²) in [4.78, 5) is 13.2. The van der Waals surface area contributed by atoms with Crippen LogP contribution < -0.4 is 11.5 Å². The van der Waals surface area contributed by atoms with Gasteiger partial charge < -0.3 is 11.5 Å². The molecule has 0 atom stereocenters. The average molecular weight is 277 g/mol. The molecule has 0 aliphatic carbocycles. The van der Waals surface area contributed by atoms with Gasteiger partial charge in [0.1, 0.15) is 10.6 Å². The van der Waals surface area contributed by atoms with E-state index in [4.69, 9.17) is 11.5 Å². The molecule has 6 heteroatoms. The molecule has 2 aromatic heterocycles. The van der Waals surface area contributed by atoms with E-state index in [1.165, 1.54) is 29.8 Å². The molecule has 5 nitrogen and oxygen atoms in total. The van der Waals surface area contributed by atoms with Gasteiger partial charge in [0.15, 0.2) is 0 Å². The number of rotatable bonds is 3. The van der Waals surface area contributed by atoms with E-state index in [2.05, 4.69) is 21.8 Å². The minimum absolute atomic E-state index is 0.270. The lowest BCUT2D eigenvalue weighted by atomic mass is 10.0. The molecule has 0 spiro atoms. The number of fused-ring (bicyclic) bond motifs is 3. The standard InChI is InChI=1S/C13H19N5S/c1-2-3-5-18-6-4-8-9(7-18)19-12-10(8)11(14)16-13(15)17-12/h2-7H2,1H3,(H4,14,15,16,17). The predicted molar refractivity (Wildman–Crippen MR) is 80.1 cm³/mol. The Morgan fingerprint density at radius 1 is 1.32 bits per heavy atom. The zero-order chi connectivity index (χ0) is 13.4. The molecule has 1 aliphatic rings. The van der Waals surface area contributed by atoms with Crippen LogP contribution in [0.3, 0.4) is 0 Å². The molecule has 0 saturated carbocycles. The molecule has 0 saturated heterocycles. The lowest BCUT2D eigenvalue weighted by Crippen LogP contribution is -2.30. The molecule has 102 valence electrons. The number of nitrogen functional groups attached to an aromatic ring is 2. The molecule has 0 unspecified atom stereocenters. The first-order chi connectivity index (χ1) is 9.19. The topological polar surface area (TPSA) is 81.1 Å². The molecular weight excluding hydrogens is 258 g/mol. The Morgan fingerprint density at radius 3 is 2.95 bits per heavy atom. The minimum Gasteiger partial charge on any atom is -0.383 e. The first-order valence-electron chi connectivity index (χ1n) is 6.74. The third-order valence-electron chi connectivity index (χ3n) is 3.65. The van der Waals surface area contributed by atoms with Crippen molar-refractivity contribution in [3.05, 3.63) is 10.4 Å². The van der Waals surface area contributed by atoms with Crippen LogP contribution in [-0.4, -0.2) is 28.0 Å². The van der Waals surface area contributed by atoms with Gasteiger partial charge in [-0.15, -0.1) is 11.3 Å². The van der Waals surface area contributed by atoms with Crippen LogP contribution in [0.4, 0.5) is 11.8 Å². The third-order valence-corrected chi connectivity index (χ3v) is 4.76. The van der Waals surface area contributed by atoms with Crippen LogP contribution in [0, 0.1) is 0 Å². The average Bonchev–Trinajstić information content (AvgIpc) is 2.73. The van der Waals surface area contributed by atoms with Crippen LogP contribution in [0.5, 0.6) is 0 Å². The van der Waals surface area contributed by atoms with Crippen molar-refractivity contribution in [3.8, 4) is 0 Å². The van der Waals surface area contributed by atoms with Gasteiger partial charge in [0.05, 0.1) is 5.39 Å². The van der Waals surface area contributed by atoms with Gasteiger partial charge in [-0.1, -0.05) is 13.3 Å². The highest BCUT2D eigenvalue weighted by atomic mass is 32.1. The van der Waals surface area contributed by atoms with Crippen molar-refractivity contribution in [1.29, 1.82) is 0 Å². The highest BCUT2D eigenvalue weighted by Gasteiger charge is 2.23. The van der Waals surface area contributed by atoms with Crippen molar-refractivity contribution in [3.63, 3.8) is 0 Å². The zero-order valence-corrected chi connectivity index (χ0v) is 12.0. The monoisotopic (exact) mass is 277 g/mol. The first-order valence-corrected chi connectivity index (χ1v) is 7.56. The number of unbranched alkanes of at least 4 members (excludes halogenated alkanes) is 1. The molecule has 2 aromatic rings. The molecule has 0 bridgehead atoms. The number of nitrogens with zero attached hydrogens (tertiary/aromatic N) is 3. The van der Waals surface area contributed by atoms with Crippen molar-refractivity contribution in [1.82, 2.24) is 14.9 Å². The Balaban J connectivity index is 1.96. The Morgan fingerprint density at radius 2 is 2.16 bits per heavy atom. The molecular formula is C13H19N5S. The summed E-state index contributed by atoms with van der Waals surface area (Å²) in [6, 6.07) is 0. The smallest absolute Gasteiger partial charge is 0.223 e. The van der Waals surface area contributed by atoms with E-state index in [0.29, 0.717) is 5.82 Å². The zero-order valence-electron chi connectivity index (χ0n) is 11.1. The van der Waals surface area contributed by atoms with E-state index >= 15 is 0 Å². The van der Waals surface area contributed by atoms with Crippen molar-refractivity contribution >= 4 is 33.3 Å². The molecule has 19 heavy (non-hydrogen) atoms. The number of anilines is 2. The van der Waals surface area contributed by atoms with Gasteiger partial charge in [-0.05, 0) is 24.9 Å². The van der Waals surface area contributed by atoms with Crippen LogP contribution >= 0.6 is 11.3 Å². The van der Waals surface area contributed by atoms with Crippen LogP contribution in [0.15, 0.2) is 0 Å². The predicted octanol–water partition coefficient (Wildman–Crippen LogP) is 2.01. The molecule has 1 aliphatic heterocycles. The van der Waals surface area contributed by atoms with E-state index in [9.17, 15) is 0 Å². The fraction of sp³-hybridized carbons (Fsp3) is 0.538. The van der Waals surface area contributed by atoms with E-state index in [-0.39, 0.29) is 5.95 Å². The number of thiophene rings is 1. The Hall–Kier alpha value is -1.40. The number of hydrogen-bond donors (Lipinski definition) is 2. The maximum absolute atomic E-state index is 6.00. The molecule has 0 radical (unpaired) electrons. The molecule has 0 amide bonds. The van der Waals surface area contributed by atoms with Crippen LogP contribution in [0.1, 0.15) is 30.2 Å². The molecule has 4 N–H and O–H groups in total. The second-order valence-electron chi connectivity index (χ2n) is 5.03. The molecule has 3 heterocycles. The Labute approximate surface area is 116 Å². The summed E-state index contributed by atoms with van der Waals surface area (Å²) in [6.45, 7) is 5.51. The Kier molecular flexibility index (Phi) is 3.28. The van der Waals surface area contributed by atoms with Gasteiger partial charge in [0.25, 0.3) is 0 Å². The summed E-state index contributed by atoms with van der Waals surface area (Å²) in [7, 11) is 0. The van der Waals surface area contributed by atoms with Gasteiger partial charge in [-0.25, -0.2) is 4.98 Å². The first kappa shape index (κ1) is 12.6. The van der Waals surface area contributed by atoms with Crippen molar-refractivity contribution < 1.29 is 0 Å². The lowest BCUT2D eigenvalue weighted by Gasteiger charge is -2.26. The van der Waals surface area contributed by atoms with Crippen molar-refractivity contribution in [2.45, 2.75) is 32.7 Å². The van der Waals surface area contributed by atoms with E-state index in [1.807, 2.05) is 0 Å². The quantitative estimate of drug-likeness (QED) is 0.897. The summed E-state index contributed by atoms with van der Waals surface area (Å²) in [5.41, 5.74) is 13.0. The molecule has 3 rings (SSSR count). The van der Waals surface area contributed by atoms with Gasteiger partial charge in [0, 0.05) is 18.0 Å². The van der Waals surface area contributed by atoms with E-state index in [1.54, 1.807) is 11.3 Å². The summed E-state index contributed by atoms with van der Waals surface area (Å²) in [5.74, 6) is 0.799. The van der Waals surface area contributed by atoms with Crippen LogP contribution in [0.2, 0.25) is 0 Å². The fourth-order valence-electron chi connectivity index (χ4n) is 2.67. The summed E-state index contributed by atoms with van der Waals surface area (Å²) in [6.07, 6.45) is 3.54. The normalized spacial score (nSPS) is 15.8. The fourth-order valence-corrected chi connectivity index (χ4v) is 3.94. The minimum atomic E-state index is 0.270. The Bertz CT molecular complexity index is 607. The van der Waals surface area contributed by atoms with E-state index in [0.717, 1.165) is 29.7 Å². The highest BCUT2D eigenvalue weighted by Crippen LogP contribution is 2.36. The second kappa shape index (κ2) is 4.94. The molecule has 0 aromatic carbocycles. The van der Waals surface area contributed by atoms with Gasteiger partial charge in [-0.2, -0.15) is 4.98 Å².